The molecule has 18 heavy (non-hydrogen) atoms. The van der Waals surface area contributed by atoms with Crippen LogP contribution < -0.4 is 56.5 Å². The van der Waals surface area contributed by atoms with Gasteiger partial charge in [-0.05, 0) is 22.8 Å². The monoisotopic (exact) mass is 262 g/mol. The number of carbonyl (C=O) groups is 2. The van der Waals surface area contributed by atoms with Crippen LogP contribution >= 0.6 is 0 Å². The van der Waals surface area contributed by atoms with Crippen molar-refractivity contribution in [3.05, 3.63) is 59.2 Å². The molecule has 0 aliphatic heterocycles. The average Bonchev–Trinajstić information content (AvgIpc) is 2.64. The van der Waals surface area contributed by atoms with E-state index in [9.17, 15) is 14.7 Å². The fourth-order valence-electron chi connectivity index (χ4n) is 2.16. The third-order valence-corrected chi connectivity index (χ3v) is 2.96. The Labute approximate surface area is 146 Å². The molecule has 0 heterocycles. The Morgan fingerprint density at radius 2 is 1.50 bits per heavy atom. The number of hydrogen-bond acceptors (Lipinski definition) is 3. The average molecular weight is 262 g/mol. The predicted octanol–water partition coefficient (Wildman–Crippen LogP) is -1.73. The van der Waals surface area contributed by atoms with Crippen LogP contribution in [0.15, 0.2) is 42.5 Å². The molecule has 3 rings (SSSR count). The summed E-state index contributed by atoms with van der Waals surface area (Å²) in [6.07, 6.45) is 0. The third kappa shape index (κ3) is 2.00. The van der Waals surface area contributed by atoms with Crippen LogP contribution in [0.4, 0.5) is 0 Å². The maximum atomic E-state index is 12.0. The Morgan fingerprint density at radius 3 is 2.17 bits per heavy atom. The molecule has 0 saturated heterocycles. The van der Waals surface area contributed by atoms with E-state index in [1.54, 1.807) is 18.2 Å². The number of carboxylic acids is 1. The first-order valence-corrected chi connectivity index (χ1v) is 5.18. The molecule has 2 aromatic carbocycles. The molecule has 1 aliphatic rings. The van der Waals surface area contributed by atoms with Crippen molar-refractivity contribution in [3.63, 3.8) is 0 Å². The first-order valence-electron chi connectivity index (χ1n) is 5.18. The molecule has 3 nitrogen and oxygen atoms in total. The van der Waals surface area contributed by atoms with E-state index in [-0.39, 0.29) is 62.7 Å². The largest absolute Gasteiger partial charge is 1.00 e. The predicted molar refractivity (Wildman–Crippen MR) is 59.6 cm³/mol. The zero-order valence-corrected chi connectivity index (χ0v) is 12.9. The van der Waals surface area contributed by atoms with Crippen LogP contribution in [-0.2, 0) is 0 Å². The molecule has 0 amide bonds. The van der Waals surface area contributed by atoms with Crippen LogP contribution in [0.25, 0.3) is 11.1 Å². The van der Waals surface area contributed by atoms with E-state index >= 15 is 0 Å². The van der Waals surface area contributed by atoms with Crippen LogP contribution in [0.5, 0.6) is 0 Å². The molecular formula is C14H7KO3. The number of fused-ring (bicyclic) bond motifs is 3. The summed E-state index contributed by atoms with van der Waals surface area (Å²) in [6, 6.07) is 11.8. The normalized spacial score (nSPS) is 11.4. The van der Waals surface area contributed by atoms with Crippen LogP contribution in [0.2, 0.25) is 0 Å². The minimum Gasteiger partial charge on any atom is -0.545 e. The second kappa shape index (κ2) is 5.07. The molecule has 0 bridgehead atoms. The van der Waals surface area contributed by atoms with Crippen molar-refractivity contribution in [2.45, 2.75) is 0 Å². The zero-order chi connectivity index (χ0) is 12.0. The first kappa shape index (κ1) is 13.6. The van der Waals surface area contributed by atoms with E-state index in [1.165, 1.54) is 12.1 Å². The maximum Gasteiger partial charge on any atom is 1.00 e. The van der Waals surface area contributed by atoms with Crippen LogP contribution in [0, 0.1) is 0 Å². The van der Waals surface area contributed by atoms with Crippen LogP contribution in [-0.4, -0.2) is 11.8 Å². The third-order valence-electron chi connectivity index (χ3n) is 2.96. The van der Waals surface area contributed by atoms with Gasteiger partial charge in [-0.3, -0.25) is 4.79 Å². The van der Waals surface area contributed by atoms with Gasteiger partial charge >= 0.3 is 51.4 Å². The number of benzene rings is 2. The van der Waals surface area contributed by atoms with Crippen molar-refractivity contribution in [2.24, 2.45) is 0 Å². The topological polar surface area (TPSA) is 57.2 Å². The molecule has 4 heteroatoms. The molecule has 0 N–H and O–H groups in total. The summed E-state index contributed by atoms with van der Waals surface area (Å²) in [5.74, 6) is -1.39. The van der Waals surface area contributed by atoms with Crippen molar-refractivity contribution < 1.29 is 66.1 Å². The van der Waals surface area contributed by atoms with Gasteiger partial charge < -0.3 is 9.90 Å². The van der Waals surface area contributed by atoms with Gasteiger partial charge in [0.1, 0.15) is 0 Å². The summed E-state index contributed by atoms with van der Waals surface area (Å²) in [5.41, 5.74) is 2.74. The number of aromatic carboxylic acids is 1. The van der Waals surface area contributed by atoms with Crippen molar-refractivity contribution in [1.29, 1.82) is 0 Å². The van der Waals surface area contributed by atoms with Gasteiger partial charge in [-0.2, -0.15) is 0 Å². The Morgan fingerprint density at radius 1 is 0.889 bits per heavy atom. The summed E-state index contributed by atoms with van der Waals surface area (Å²) in [4.78, 5) is 22.8. The molecule has 0 radical (unpaired) electrons. The standard InChI is InChI=1S/C14H8O3.K/c15-13-11-4-2-1-3-9(11)10-6-5-8(14(16)17)7-12(10)13;/h1-7H,(H,16,17);/q;+1/p-1. The molecule has 0 atom stereocenters. The number of hydrogen-bond donors (Lipinski definition) is 0. The van der Waals surface area contributed by atoms with Crippen molar-refractivity contribution in [3.8, 4) is 11.1 Å². The van der Waals surface area contributed by atoms with E-state index in [4.69, 9.17) is 0 Å². The fraction of sp³-hybridized carbons (Fsp3) is 0. The van der Waals surface area contributed by atoms with Gasteiger partial charge in [0.25, 0.3) is 0 Å². The second-order valence-electron chi connectivity index (χ2n) is 3.92. The van der Waals surface area contributed by atoms with Gasteiger partial charge in [-0.25, -0.2) is 0 Å². The van der Waals surface area contributed by atoms with E-state index in [0.29, 0.717) is 11.1 Å². The first-order chi connectivity index (χ1) is 8.18. The fourth-order valence-corrected chi connectivity index (χ4v) is 2.16. The summed E-state index contributed by atoms with van der Waals surface area (Å²) in [7, 11) is 0. The Hall–Kier alpha value is -0.784. The molecule has 82 valence electrons. The zero-order valence-electron chi connectivity index (χ0n) is 9.77. The summed E-state index contributed by atoms with van der Waals surface area (Å²) < 4.78 is 0. The van der Waals surface area contributed by atoms with Crippen LogP contribution in [0.3, 0.4) is 0 Å². The van der Waals surface area contributed by atoms with Gasteiger partial charge in [0.15, 0.2) is 5.78 Å². The minimum atomic E-state index is -1.27. The van der Waals surface area contributed by atoms with Crippen LogP contribution in [0.1, 0.15) is 26.3 Å². The molecule has 0 aromatic heterocycles. The Balaban J connectivity index is 0.00000120. The molecule has 0 unspecified atom stereocenters. The maximum absolute atomic E-state index is 12.0. The number of ketones is 1. The van der Waals surface area contributed by atoms with Gasteiger partial charge in [-0.15, -0.1) is 0 Å². The summed E-state index contributed by atoms with van der Waals surface area (Å²) in [5, 5.41) is 10.8. The van der Waals surface area contributed by atoms with Crippen molar-refractivity contribution >= 4 is 11.8 Å². The van der Waals surface area contributed by atoms with Crippen molar-refractivity contribution in [2.75, 3.05) is 0 Å². The Kier molecular flexibility index (Phi) is 3.84. The number of carboxylic acid groups (broad SMARTS) is 1. The minimum absolute atomic E-state index is 0. The van der Waals surface area contributed by atoms with Crippen molar-refractivity contribution in [1.82, 2.24) is 0 Å². The molecule has 0 saturated carbocycles. The number of carbonyl (C=O) groups excluding carboxylic acids is 2. The molecular weight excluding hydrogens is 255 g/mol. The quantitative estimate of drug-likeness (QED) is 0.490. The molecule has 0 spiro atoms. The van der Waals surface area contributed by atoms with Gasteiger partial charge in [0, 0.05) is 11.1 Å². The van der Waals surface area contributed by atoms with E-state index in [0.717, 1.165) is 11.1 Å². The number of rotatable bonds is 1. The molecule has 2 aromatic rings. The summed E-state index contributed by atoms with van der Waals surface area (Å²) in [6.45, 7) is 0. The van der Waals surface area contributed by atoms with E-state index in [2.05, 4.69) is 0 Å². The smallest absolute Gasteiger partial charge is 0.545 e. The van der Waals surface area contributed by atoms with Gasteiger partial charge in [0.05, 0.1) is 5.97 Å². The van der Waals surface area contributed by atoms with E-state index in [1.807, 2.05) is 12.1 Å². The SMILES string of the molecule is O=C([O-])c1ccc2c(c1)C(=O)c1ccccc1-2.[K+]. The van der Waals surface area contributed by atoms with Gasteiger partial charge in [-0.1, -0.05) is 36.4 Å². The Bertz CT molecular complexity index is 662. The summed E-state index contributed by atoms with van der Waals surface area (Å²) >= 11 is 0. The van der Waals surface area contributed by atoms with E-state index < -0.39 is 5.97 Å². The van der Waals surface area contributed by atoms with Gasteiger partial charge in [0.2, 0.25) is 0 Å². The second-order valence-corrected chi connectivity index (χ2v) is 3.92. The molecule has 0 fully saturated rings. The molecule has 1 aliphatic carbocycles.